The molecule has 2 nitrogen and oxygen atoms in total. The molecule has 0 fully saturated rings. The van der Waals surface area contributed by atoms with Crippen molar-refractivity contribution in [3.05, 3.63) is 33.5 Å². The molecule has 0 atom stereocenters. The first-order valence-electron chi connectivity index (χ1n) is 5.61. The predicted octanol–water partition coefficient (Wildman–Crippen LogP) is 4.74. The van der Waals surface area contributed by atoms with Crippen LogP contribution in [0.5, 0.6) is 0 Å². The quantitative estimate of drug-likeness (QED) is 0.701. The van der Waals surface area contributed by atoms with Gasteiger partial charge in [-0.05, 0) is 35.0 Å². The van der Waals surface area contributed by atoms with Crippen LogP contribution in [0.4, 0.5) is 4.39 Å². The molecule has 0 N–H and O–H groups in total. The number of hydrogen-bond acceptors (Lipinski definition) is 2. The normalized spacial score (nSPS) is 8.24. The maximum Gasteiger partial charge on any atom is 0.338 e. The van der Waals surface area contributed by atoms with Gasteiger partial charge in [0.25, 0.3) is 0 Å². The first-order valence-corrected chi connectivity index (χ1v) is 6.40. The number of benzene rings is 1. The van der Waals surface area contributed by atoms with Gasteiger partial charge in [0, 0.05) is 5.56 Å². The van der Waals surface area contributed by atoms with Crippen LogP contribution in [0.25, 0.3) is 0 Å². The Labute approximate surface area is 111 Å². The third-order valence-corrected chi connectivity index (χ3v) is 2.36. The van der Waals surface area contributed by atoms with Crippen LogP contribution in [0.2, 0.25) is 0 Å². The summed E-state index contributed by atoms with van der Waals surface area (Å²) in [6.07, 6.45) is 0. The lowest BCUT2D eigenvalue weighted by Crippen LogP contribution is -2.05. The van der Waals surface area contributed by atoms with Crippen LogP contribution in [-0.4, -0.2) is 13.1 Å². The lowest BCUT2D eigenvalue weighted by atomic mass is 10.1. The maximum absolute atomic E-state index is 13.2. The average molecular weight is 307 g/mol. The molecular formula is C13H20BrFO2. The maximum atomic E-state index is 13.2. The Kier molecular flexibility index (Phi) is 11.2. The van der Waals surface area contributed by atoms with Crippen LogP contribution in [0.15, 0.2) is 16.6 Å². The van der Waals surface area contributed by atoms with Gasteiger partial charge in [-0.1, -0.05) is 27.7 Å². The Bertz CT molecular complexity index is 352. The third-order valence-electron chi connectivity index (χ3n) is 1.74. The van der Waals surface area contributed by atoms with Crippen molar-refractivity contribution in [3.63, 3.8) is 0 Å². The van der Waals surface area contributed by atoms with Crippen LogP contribution in [-0.2, 0) is 4.74 Å². The van der Waals surface area contributed by atoms with Crippen molar-refractivity contribution in [2.75, 3.05) is 7.11 Å². The van der Waals surface area contributed by atoms with E-state index in [9.17, 15) is 9.18 Å². The molecule has 0 unspecified atom stereocenters. The van der Waals surface area contributed by atoms with Crippen molar-refractivity contribution < 1.29 is 13.9 Å². The molecule has 0 aliphatic rings. The van der Waals surface area contributed by atoms with Gasteiger partial charge in [-0.15, -0.1) is 0 Å². The monoisotopic (exact) mass is 306 g/mol. The van der Waals surface area contributed by atoms with E-state index in [1.165, 1.54) is 26.2 Å². The molecule has 98 valence electrons. The Morgan fingerprint density at radius 1 is 1.24 bits per heavy atom. The van der Waals surface area contributed by atoms with Crippen molar-refractivity contribution in [1.29, 1.82) is 0 Å². The minimum Gasteiger partial charge on any atom is -0.465 e. The van der Waals surface area contributed by atoms with Gasteiger partial charge in [0.15, 0.2) is 0 Å². The Morgan fingerprint density at radius 2 is 1.71 bits per heavy atom. The van der Waals surface area contributed by atoms with E-state index in [0.717, 1.165) is 0 Å². The van der Waals surface area contributed by atoms with Gasteiger partial charge in [0.1, 0.15) is 5.82 Å². The standard InChI is InChI=1S/C9H8BrFO2.2C2H6/c1-5-6(9(12)13-2)3-4-7(10)8(5)11;2*1-2/h3-4H,1-2H3;2*1-2H3. The van der Waals surface area contributed by atoms with Crippen molar-refractivity contribution in [1.82, 2.24) is 0 Å². The zero-order chi connectivity index (χ0) is 14.0. The molecule has 0 aliphatic carbocycles. The van der Waals surface area contributed by atoms with Crippen molar-refractivity contribution in [2.24, 2.45) is 0 Å². The lowest BCUT2D eigenvalue weighted by Gasteiger charge is -2.05. The summed E-state index contributed by atoms with van der Waals surface area (Å²) < 4.78 is 18.1. The fourth-order valence-electron chi connectivity index (χ4n) is 0.983. The topological polar surface area (TPSA) is 26.3 Å². The minimum atomic E-state index is -0.524. The highest BCUT2D eigenvalue weighted by Crippen LogP contribution is 2.21. The molecule has 4 heteroatoms. The summed E-state index contributed by atoms with van der Waals surface area (Å²) in [5.74, 6) is -0.952. The molecule has 17 heavy (non-hydrogen) atoms. The number of hydrogen-bond donors (Lipinski definition) is 0. The number of carbonyl (C=O) groups excluding carboxylic acids is 1. The van der Waals surface area contributed by atoms with Crippen LogP contribution < -0.4 is 0 Å². The van der Waals surface area contributed by atoms with Crippen LogP contribution in [0.1, 0.15) is 43.6 Å². The smallest absolute Gasteiger partial charge is 0.338 e. The molecule has 0 radical (unpaired) electrons. The number of ether oxygens (including phenoxy) is 1. The Morgan fingerprint density at radius 3 is 2.12 bits per heavy atom. The summed E-state index contributed by atoms with van der Waals surface area (Å²) in [5.41, 5.74) is 0.546. The number of esters is 1. The second kappa shape index (κ2) is 10.3. The molecule has 0 aliphatic heterocycles. The van der Waals surface area contributed by atoms with E-state index in [0.29, 0.717) is 10.0 Å². The zero-order valence-corrected chi connectivity index (χ0v) is 12.8. The van der Waals surface area contributed by atoms with Crippen LogP contribution in [0, 0.1) is 12.7 Å². The first-order chi connectivity index (χ1) is 8.07. The Balaban J connectivity index is 0. The van der Waals surface area contributed by atoms with E-state index in [-0.39, 0.29) is 5.56 Å². The fourth-order valence-corrected chi connectivity index (χ4v) is 1.41. The third kappa shape index (κ3) is 5.31. The molecule has 1 aromatic carbocycles. The second-order valence-corrected chi connectivity index (χ2v) is 3.38. The number of methoxy groups -OCH3 is 1. The first kappa shape index (κ1) is 18.5. The lowest BCUT2D eigenvalue weighted by molar-refractivity contribution is 0.0599. The molecule has 0 amide bonds. The second-order valence-electron chi connectivity index (χ2n) is 2.53. The van der Waals surface area contributed by atoms with Gasteiger partial charge >= 0.3 is 5.97 Å². The van der Waals surface area contributed by atoms with Crippen molar-refractivity contribution >= 4 is 21.9 Å². The van der Waals surface area contributed by atoms with Crippen LogP contribution >= 0.6 is 15.9 Å². The summed E-state index contributed by atoms with van der Waals surface area (Å²) >= 11 is 3.02. The van der Waals surface area contributed by atoms with Gasteiger partial charge in [-0.25, -0.2) is 9.18 Å². The predicted molar refractivity (Wildman–Crippen MR) is 72.9 cm³/mol. The largest absolute Gasteiger partial charge is 0.465 e. The highest BCUT2D eigenvalue weighted by molar-refractivity contribution is 9.10. The Hall–Kier alpha value is -0.900. The minimum absolute atomic E-state index is 0.253. The molecule has 0 spiro atoms. The van der Waals surface area contributed by atoms with Crippen molar-refractivity contribution in [3.8, 4) is 0 Å². The molecule has 0 saturated carbocycles. The molecule has 0 bridgehead atoms. The summed E-state index contributed by atoms with van der Waals surface area (Å²) in [5, 5.41) is 0. The van der Waals surface area contributed by atoms with E-state index in [4.69, 9.17) is 0 Å². The highest BCUT2D eigenvalue weighted by Gasteiger charge is 2.13. The van der Waals surface area contributed by atoms with Crippen molar-refractivity contribution in [2.45, 2.75) is 34.6 Å². The fraction of sp³-hybridized carbons (Fsp3) is 0.462. The van der Waals surface area contributed by atoms with E-state index in [1.54, 1.807) is 0 Å². The molecular weight excluding hydrogens is 287 g/mol. The molecule has 0 aromatic heterocycles. The zero-order valence-electron chi connectivity index (χ0n) is 11.2. The van der Waals surface area contributed by atoms with E-state index in [2.05, 4.69) is 20.7 Å². The number of halogens is 2. The van der Waals surface area contributed by atoms with E-state index < -0.39 is 11.8 Å². The summed E-state index contributed by atoms with van der Waals surface area (Å²) in [4.78, 5) is 11.1. The highest BCUT2D eigenvalue weighted by atomic mass is 79.9. The van der Waals surface area contributed by atoms with Gasteiger partial charge in [-0.3, -0.25) is 0 Å². The summed E-state index contributed by atoms with van der Waals surface area (Å²) in [6, 6.07) is 3.00. The van der Waals surface area contributed by atoms with Crippen LogP contribution in [0.3, 0.4) is 0 Å². The summed E-state index contributed by atoms with van der Waals surface area (Å²) in [7, 11) is 1.27. The molecule has 0 saturated heterocycles. The molecule has 0 heterocycles. The van der Waals surface area contributed by atoms with Gasteiger partial charge in [0.05, 0.1) is 17.1 Å². The number of rotatable bonds is 1. The average Bonchev–Trinajstić information content (AvgIpc) is 2.40. The van der Waals surface area contributed by atoms with E-state index >= 15 is 0 Å². The number of carbonyl (C=O) groups is 1. The SMILES string of the molecule is CC.CC.COC(=O)c1ccc(Br)c(F)c1C. The van der Waals surface area contributed by atoms with Gasteiger partial charge < -0.3 is 4.74 Å². The van der Waals surface area contributed by atoms with Gasteiger partial charge in [0.2, 0.25) is 0 Å². The molecule has 1 aromatic rings. The van der Waals surface area contributed by atoms with Gasteiger partial charge in [-0.2, -0.15) is 0 Å². The molecule has 1 rings (SSSR count). The van der Waals surface area contributed by atoms with E-state index in [1.807, 2.05) is 27.7 Å². The summed E-state index contributed by atoms with van der Waals surface area (Å²) in [6.45, 7) is 9.53.